The van der Waals surface area contributed by atoms with Crippen LogP contribution in [0.15, 0.2) is 41.0 Å². The molecule has 0 saturated carbocycles. The molecule has 2 aromatic rings. The van der Waals surface area contributed by atoms with E-state index in [-0.39, 0.29) is 5.97 Å². The zero-order valence-electron chi connectivity index (χ0n) is 8.98. The molecule has 17 heavy (non-hydrogen) atoms. The van der Waals surface area contributed by atoms with Crippen LogP contribution in [-0.4, -0.2) is 17.6 Å². The highest BCUT2D eigenvalue weighted by molar-refractivity contribution is 9.10. The summed E-state index contributed by atoms with van der Waals surface area (Å²) in [6.07, 6.45) is 1.78. The van der Waals surface area contributed by atoms with Crippen molar-refractivity contribution in [2.24, 2.45) is 0 Å². The number of aromatic nitrogens is 1. The summed E-state index contributed by atoms with van der Waals surface area (Å²) in [6, 6.07) is 8.95. The van der Waals surface area contributed by atoms with Crippen molar-refractivity contribution in [1.82, 2.24) is 4.57 Å². The quantitative estimate of drug-likeness (QED) is 0.792. The fourth-order valence-corrected chi connectivity index (χ4v) is 1.93. The van der Waals surface area contributed by atoms with Gasteiger partial charge in [-0.2, -0.15) is 0 Å². The Morgan fingerprint density at radius 2 is 2.18 bits per heavy atom. The number of benzene rings is 1. The highest BCUT2D eigenvalue weighted by atomic mass is 79.9. The molecule has 0 spiro atoms. The van der Waals surface area contributed by atoms with E-state index in [2.05, 4.69) is 15.9 Å². The Labute approximate surface area is 112 Å². The summed E-state index contributed by atoms with van der Waals surface area (Å²) in [5, 5.41) is 0.590. The number of carbonyl (C=O) groups is 1. The Kier molecular flexibility index (Phi) is 3.54. The average molecular weight is 315 g/mol. The van der Waals surface area contributed by atoms with Gasteiger partial charge in [-0.25, -0.2) is 4.79 Å². The lowest BCUT2D eigenvalue weighted by Gasteiger charge is -2.08. The molecule has 0 N–H and O–H groups in total. The number of hydrogen-bond acceptors (Lipinski definition) is 2. The van der Waals surface area contributed by atoms with Crippen LogP contribution in [0.2, 0.25) is 5.02 Å². The highest BCUT2D eigenvalue weighted by Gasteiger charge is 2.12. The maximum absolute atomic E-state index is 11.5. The number of methoxy groups -OCH3 is 1. The van der Waals surface area contributed by atoms with Crippen LogP contribution in [0.4, 0.5) is 0 Å². The molecule has 0 bridgehead atoms. The summed E-state index contributed by atoms with van der Waals surface area (Å²) in [4.78, 5) is 11.5. The normalized spacial score (nSPS) is 10.3. The molecule has 0 unspecified atom stereocenters. The van der Waals surface area contributed by atoms with Crippen molar-refractivity contribution >= 4 is 33.5 Å². The predicted octanol–water partition coefficient (Wildman–Crippen LogP) is 3.68. The van der Waals surface area contributed by atoms with Gasteiger partial charge in [0.25, 0.3) is 0 Å². The number of rotatable bonds is 2. The first-order chi connectivity index (χ1) is 8.13. The third-order valence-electron chi connectivity index (χ3n) is 2.32. The minimum absolute atomic E-state index is 0.381. The average Bonchev–Trinajstić information content (AvgIpc) is 2.80. The van der Waals surface area contributed by atoms with Crippen LogP contribution < -0.4 is 0 Å². The molecule has 2 rings (SSSR count). The Morgan fingerprint density at radius 1 is 1.41 bits per heavy atom. The van der Waals surface area contributed by atoms with E-state index in [0.29, 0.717) is 10.7 Å². The second-order valence-electron chi connectivity index (χ2n) is 3.35. The summed E-state index contributed by atoms with van der Waals surface area (Å²) >= 11 is 9.34. The molecule has 0 radical (unpaired) electrons. The number of nitrogens with zero attached hydrogens (tertiary/aromatic N) is 1. The second-order valence-corrected chi connectivity index (χ2v) is 4.61. The Hall–Kier alpha value is -1.26. The van der Waals surface area contributed by atoms with Crippen LogP contribution in [0.3, 0.4) is 0 Å². The van der Waals surface area contributed by atoms with Gasteiger partial charge < -0.3 is 9.30 Å². The van der Waals surface area contributed by atoms with Gasteiger partial charge in [0.1, 0.15) is 5.69 Å². The number of halogens is 2. The maximum Gasteiger partial charge on any atom is 0.355 e. The van der Waals surface area contributed by atoms with E-state index in [1.54, 1.807) is 29.0 Å². The molecule has 1 aromatic heterocycles. The van der Waals surface area contributed by atoms with Crippen LogP contribution in [-0.2, 0) is 4.74 Å². The standard InChI is InChI=1S/C12H9BrClNO2/c1-17-12(16)11-3-2-6-15(11)8-4-5-9(13)10(14)7-8/h2-7H,1H3. The molecule has 0 saturated heterocycles. The Morgan fingerprint density at radius 3 is 2.82 bits per heavy atom. The van der Waals surface area contributed by atoms with Crippen LogP contribution >= 0.6 is 27.5 Å². The number of carbonyl (C=O) groups excluding carboxylic acids is 1. The summed E-state index contributed by atoms with van der Waals surface area (Å²) in [5.74, 6) is -0.381. The number of ether oxygens (including phenoxy) is 1. The van der Waals surface area contributed by atoms with Crippen molar-refractivity contribution in [3.05, 3.63) is 51.7 Å². The summed E-state index contributed by atoms with van der Waals surface area (Å²) < 4.78 is 7.25. The first-order valence-corrected chi connectivity index (χ1v) is 6.01. The van der Waals surface area contributed by atoms with Crippen LogP contribution in [0.1, 0.15) is 10.5 Å². The zero-order chi connectivity index (χ0) is 12.4. The van der Waals surface area contributed by atoms with E-state index in [9.17, 15) is 4.79 Å². The van der Waals surface area contributed by atoms with Crippen molar-refractivity contribution in [3.63, 3.8) is 0 Å². The molecule has 0 aliphatic rings. The first kappa shape index (κ1) is 12.2. The molecule has 1 aromatic carbocycles. The lowest BCUT2D eigenvalue weighted by molar-refractivity contribution is 0.0591. The summed E-state index contributed by atoms with van der Waals surface area (Å²) in [5.41, 5.74) is 1.27. The van der Waals surface area contributed by atoms with E-state index < -0.39 is 0 Å². The van der Waals surface area contributed by atoms with Crippen LogP contribution in [0.25, 0.3) is 5.69 Å². The molecular formula is C12H9BrClNO2. The van der Waals surface area contributed by atoms with Gasteiger partial charge >= 0.3 is 5.97 Å². The summed E-state index contributed by atoms with van der Waals surface area (Å²) in [6.45, 7) is 0. The maximum atomic E-state index is 11.5. The fraction of sp³-hybridized carbons (Fsp3) is 0.0833. The van der Waals surface area contributed by atoms with Crippen molar-refractivity contribution in [3.8, 4) is 5.69 Å². The molecule has 3 nitrogen and oxygen atoms in total. The van der Waals surface area contributed by atoms with Gasteiger partial charge in [0.2, 0.25) is 0 Å². The van der Waals surface area contributed by atoms with Gasteiger partial charge in [0.15, 0.2) is 0 Å². The minimum atomic E-state index is -0.381. The first-order valence-electron chi connectivity index (χ1n) is 4.84. The van der Waals surface area contributed by atoms with Crippen molar-refractivity contribution in [1.29, 1.82) is 0 Å². The van der Waals surface area contributed by atoms with Crippen molar-refractivity contribution in [2.45, 2.75) is 0 Å². The number of hydrogen-bond donors (Lipinski definition) is 0. The van der Waals surface area contributed by atoms with E-state index >= 15 is 0 Å². The summed E-state index contributed by atoms with van der Waals surface area (Å²) in [7, 11) is 1.36. The molecule has 0 aliphatic heterocycles. The largest absolute Gasteiger partial charge is 0.464 e. The van der Waals surface area contributed by atoms with Crippen molar-refractivity contribution < 1.29 is 9.53 Å². The zero-order valence-corrected chi connectivity index (χ0v) is 11.3. The lowest BCUT2D eigenvalue weighted by atomic mass is 10.3. The highest BCUT2D eigenvalue weighted by Crippen LogP contribution is 2.25. The third kappa shape index (κ3) is 2.37. The SMILES string of the molecule is COC(=O)c1cccn1-c1ccc(Br)c(Cl)c1. The molecular weight excluding hydrogens is 305 g/mol. The van der Waals surface area contributed by atoms with Crippen LogP contribution in [0, 0.1) is 0 Å². The second kappa shape index (κ2) is 4.94. The molecule has 0 amide bonds. The van der Waals surface area contributed by atoms with E-state index in [1.807, 2.05) is 12.1 Å². The number of esters is 1. The van der Waals surface area contributed by atoms with Gasteiger partial charge in [0, 0.05) is 16.4 Å². The van der Waals surface area contributed by atoms with E-state index in [0.717, 1.165) is 10.2 Å². The van der Waals surface area contributed by atoms with Crippen LogP contribution in [0.5, 0.6) is 0 Å². The molecule has 88 valence electrons. The predicted molar refractivity (Wildman–Crippen MR) is 69.8 cm³/mol. The van der Waals surface area contributed by atoms with Gasteiger partial charge in [0.05, 0.1) is 12.1 Å². The smallest absolute Gasteiger partial charge is 0.355 e. The van der Waals surface area contributed by atoms with Gasteiger partial charge in [-0.15, -0.1) is 0 Å². The molecule has 1 heterocycles. The van der Waals surface area contributed by atoms with Gasteiger partial charge in [-0.05, 0) is 46.3 Å². The lowest BCUT2D eigenvalue weighted by Crippen LogP contribution is -2.08. The Balaban J connectivity index is 2.50. The Bertz CT molecular complexity index is 565. The molecule has 0 atom stereocenters. The topological polar surface area (TPSA) is 31.2 Å². The van der Waals surface area contributed by atoms with E-state index in [4.69, 9.17) is 16.3 Å². The molecule has 0 aliphatic carbocycles. The van der Waals surface area contributed by atoms with E-state index in [1.165, 1.54) is 7.11 Å². The minimum Gasteiger partial charge on any atom is -0.464 e. The van der Waals surface area contributed by atoms with Gasteiger partial charge in [-0.1, -0.05) is 11.6 Å². The van der Waals surface area contributed by atoms with Crippen molar-refractivity contribution in [2.75, 3.05) is 7.11 Å². The van der Waals surface area contributed by atoms with Gasteiger partial charge in [-0.3, -0.25) is 0 Å². The monoisotopic (exact) mass is 313 g/mol. The third-order valence-corrected chi connectivity index (χ3v) is 3.56. The molecule has 5 heteroatoms. The molecule has 0 fully saturated rings. The fourth-order valence-electron chi connectivity index (χ4n) is 1.51.